The van der Waals surface area contributed by atoms with Crippen molar-refractivity contribution in [2.45, 2.75) is 71.1 Å². The van der Waals surface area contributed by atoms with Crippen LogP contribution in [0.1, 0.15) is 86.2 Å². The molecule has 3 nitrogen and oxygen atoms in total. The number of nitriles is 1. The first kappa shape index (κ1) is 23.8. The number of nitrogens with zero attached hydrogens (tertiary/aromatic N) is 1. The van der Waals surface area contributed by atoms with Gasteiger partial charge in [-0.25, -0.2) is 4.79 Å². The lowest BCUT2D eigenvalue weighted by molar-refractivity contribution is 0.0734. The minimum Gasteiger partial charge on any atom is -0.423 e. The number of hydrogen-bond donors (Lipinski definition) is 0. The lowest BCUT2D eigenvalue weighted by Crippen LogP contribution is -2.13. The molecule has 168 valence electrons. The zero-order valence-corrected chi connectivity index (χ0v) is 19.3. The van der Waals surface area contributed by atoms with Crippen molar-refractivity contribution < 1.29 is 9.53 Å². The Hall–Kier alpha value is -2.86. The predicted molar refractivity (Wildman–Crippen MR) is 130 cm³/mol. The molecule has 3 heteroatoms. The van der Waals surface area contributed by atoms with Gasteiger partial charge >= 0.3 is 5.97 Å². The third-order valence-corrected chi connectivity index (χ3v) is 6.50. The molecule has 32 heavy (non-hydrogen) atoms. The number of esters is 1. The summed E-state index contributed by atoms with van der Waals surface area (Å²) in [5.41, 5.74) is 2.30. The van der Waals surface area contributed by atoms with E-state index in [0.717, 1.165) is 24.7 Å². The quantitative estimate of drug-likeness (QED) is 0.169. The van der Waals surface area contributed by atoms with E-state index in [1.165, 1.54) is 56.9 Å². The van der Waals surface area contributed by atoms with E-state index in [9.17, 15) is 4.79 Å². The Morgan fingerprint density at radius 1 is 1.03 bits per heavy atom. The Balaban J connectivity index is 1.37. The van der Waals surface area contributed by atoms with E-state index < -0.39 is 0 Å². The van der Waals surface area contributed by atoms with Crippen LogP contribution in [0.3, 0.4) is 0 Å². The highest BCUT2D eigenvalue weighted by Crippen LogP contribution is 2.32. The van der Waals surface area contributed by atoms with Crippen molar-refractivity contribution in [2.75, 3.05) is 0 Å². The molecule has 2 aromatic carbocycles. The van der Waals surface area contributed by atoms with Crippen LogP contribution in [0, 0.1) is 23.2 Å². The summed E-state index contributed by atoms with van der Waals surface area (Å²) in [4.78, 5) is 12.3. The molecular formula is C29H35NO2. The lowest BCUT2D eigenvalue weighted by atomic mass is 9.79. The molecule has 0 radical (unpaired) electrons. The summed E-state index contributed by atoms with van der Waals surface area (Å²) in [6.07, 6.45) is 17.8. The Labute approximate surface area is 193 Å². The van der Waals surface area contributed by atoms with Crippen LogP contribution in [0.25, 0.3) is 0 Å². The minimum atomic E-state index is -0.383. The Morgan fingerprint density at radius 3 is 2.41 bits per heavy atom. The van der Waals surface area contributed by atoms with Crippen LogP contribution in [0.4, 0.5) is 0 Å². The highest BCUT2D eigenvalue weighted by Gasteiger charge is 2.18. The summed E-state index contributed by atoms with van der Waals surface area (Å²) >= 11 is 0. The van der Waals surface area contributed by atoms with Gasteiger partial charge in [0.25, 0.3) is 0 Å². The third kappa shape index (κ3) is 7.68. The lowest BCUT2D eigenvalue weighted by Gasteiger charge is -2.26. The van der Waals surface area contributed by atoms with Crippen LogP contribution in [0.5, 0.6) is 5.75 Å². The molecule has 0 bridgehead atoms. The van der Waals surface area contributed by atoms with Gasteiger partial charge in [-0.1, -0.05) is 56.9 Å². The van der Waals surface area contributed by atoms with Gasteiger partial charge in [0.1, 0.15) is 5.75 Å². The number of rotatable bonds is 10. The fourth-order valence-electron chi connectivity index (χ4n) is 4.46. The van der Waals surface area contributed by atoms with E-state index in [0.29, 0.717) is 16.9 Å². The first-order chi connectivity index (χ1) is 15.7. The summed E-state index contributed by atoms with van der Waals surface area (Å²) in [6, 6.07) is 16.3. The fourth-order valence-corrected chi connectivity index (χ4v) is 4.46. The summed E-state index contributed by atoms with van der Waals surface area (Å²) in [7, 11) is 0. The van der Waals surface area contributed by atoms with Crippen molar-refractivity contribution in [1.29, 1.82) is 5.26 Å². The third-order valence-electron chi connectivity index (χ3n) is 6.50. The topological polar surface area (TPSA) is 50.1 Å². The van der Waals surface area contributed by atoms with Gasteiger partial charge in [0.2, 0.25) is 0 Å². The van der Waals surface area contributed by atoms with Gasteiger partial charge in [-0.15, -0.1) is 0 Å². The Kier molecular flexibility index (Phi) is 9.57. The van der Waals surface area contributed by atoms with Crippen LogP contribution >= 0.6 is 0 Å². The predicted octanol–water partition coefficient (Wildman–Crippen LogP) is 7.65. The van der Waals surface area contributed by atoms with Gasteiger partial charge in [0.15, 0.2) is 0 Å². The smallest absolute Gasteiger partial charge is 0.343 e. The van der Waals surface area contributed by atoms with Crippen molar-refractivity contribution in [2.24, 2.45) is 11.8 Å². The fraction of sp³-hybridized carbons (Fsp3) is 0.448. The van der Waals surface area contributed by atoms with E-state index in [2.05, 4.69) is 19.1 Å². The van der Waals surface area contributed by atoms with Crippen molar-refractivity contribution >= 4 is 5.97 Å². The molecule has 0 heterocycles. The largest absolute Gasteiger partial charge is 0.423 e. The summed E-state index contributed by atoms with van der Waals surface area (Å²) < 4.78 is 5.38. The van der Waals surface area contributed by atoms with Crippen molar-refractivity contribution in [1.82, 2.24) is 0 Å². The number of carbonyl (C=O) groups is 1. The molecule has 3 rings (SSSR count). The van der Waals surface area contributed by atoms with Gasteiger partial charge in [0.05, 0.1) is 17.2 Å². The maximum Gasteiger partial charge on any atom is 0.343 e. The SMILES string of the molecule is CCCCCC1CCC(C=CCCc2ccc(C(=O)Oc3ccc(C#N)cc3)cc2)CC1. The van der Waals surface area contributed by atoms with Crippen molar-refractivity contribution in [3.8, 4) is 11.8 Å². The molecule has 0 unspecified atom stereocenters. The molecular weight excluding hydrogens is 394 g/mol. The van der Waals surface area contributed by atoms with E-state index >= 15 is 0 Å². The van der Waals surface area contributed by atoms with Crippen molar-refractivity contribution in [3.63, 3.8) is 0 Å². The maximum absolute atomic E-state index is 12.3. The molecule has 0 aliphatic heterocycles. The van der Waals surface area contributed by atoms with Crippen LogP contribution in [-0.2, 0) is 6.42 Å². The normalized spacial score (nSPS) is 18.4. The van der Waals surface area contributed by atoms with Gasteiger partial charge in [0, 0.05) is 0 Å². The standard InChI is InChI=1S/C29H35NO2/c1-2-3-4-7-23-10-12-24(13-11-23)8-5-6-9-25-14-18-27(19-15-25)29(31)32-28-20-16-26(22-30)17-21-28/h5,8,14-21,23-24H,2-4,6-7,9-13H2,1H3. The van der Waals surface area contributed by atoms with Crippen molar-refractivity contribution in [3.05, 3.63) is 77.4 Å². The number of aryl methyl sites for hydroxylation is 1. The second-order valence-corrected chi connectivity index (χ2v) is 8.97. The van der Waals surface area contributed by atoms with E-state index in [1.54, 1.807) is 24.3 Å². The molecule has 0 amide bonds. The number of hydrogen-bond acceptors (Lipinski definition) is 3. The summed E-state index contributed by atoms with van der Waals surface area (Å²) in [5.74, 6) is 1.79. The molecule has 2 aromatic rings. The first-order valence-electron chi connectivity index (χ1n) is 12.2. The minimum absolute atomic E-state index is 0.383. The van der Waals surface area contributed by atoms with Gasteiger partial charge in [-0.2, -0.15) is 5.26 Å². The van der Waals surface area contributed by atoms with E-state index in [1.807, 2.05) is 30.3 Å². The Bertz CT molecular complexity index is 898. The molecule has 0 saturated heterocycles. The maximum atomic E-state index is 12.3. The van der Waals surface area contributed by atoms with Gasteiger partial charge in [-0.05, 0) is 92.3 Å². The Morgan fingerprint density at radius 2 is 1.75 bits per heavy atom. The molecule has 0 spiro atoms. The number of ether oxygens (including phenoxy) is 1. The van der Waals surface area contributed by atoms with Crippen LogP contribution in [0.15, 0.2) is 60.7 Å². The average Bonchev–Trinajstić information content (AvgIpc) is 2.84. The van der Waals surface area contributed by atoms with Crippen LogP contribution in [-0.4, -0.2) is 5.97 Å². The highest BCUT2D eigenvalue weighted by atomic mass is 16.5. The number of allylic oxidation sites excluding steroid dienone is 2. The summed E-state index contributed by atoms with van der Waals surface area (Å²) in [5, 5.41) is 8.84. The van der Waals surface area contributed by atoms with Gasteiger partial charge < -0.3 is 4.74 Å². The monoisotopic (exact) mass is 429 g/mol. The summed E-state index contributed by atoms with van der Waals surface area (Å²) in [6.45, 7) is 2.28. The second-order valence-electron chi connectivity index (χ2n) is 8.97. The first-order valence-corrected chi connectivity index (χ1v) is 12.2. The van der Waals surface area contributed by atoms with Gasteiger partial charge in [-0.3, -0.25) is 0 Å². The molecule has 0 N–H and O–H groups in total. The number of benzene rings is 2. The molecule has 1 fully saturated rings. The molecule has 0 atom stereocenters. The van der Waals surface area contributed by atoms with E-state index in [-0.39, 0.29) is 5.97 Å². The zero-order chi connectivity index (χ0) is 22.6. The number of carbonyl (C=O) groups excluding carboxylic acids is 1. The number of unbranched alkanes of at least 4 members (excludes halogenated alkanes) is 2. The molecule has 0 aromatic heterocycles. The molecule has 1 aliphatic carbocycles. The van der Waals surface area contributed by atoms with E-state index in [4.69, 9.17) is 10.00 Å². The zero-order valence-electron chi connectivity index (χ0n) is 19.3. The molecule has 1 saturated carbocycles. The van der Waals surface area contributed by atoms with Crippen LogP contribution in [0.2, 0.25) is 0 Å². The highest BCUT2D eigenvalue weighted by molar-refractivity contribution is 5.91. The second kappa shape index (κ2) is 12.9. The average molecular weight is 430 g/mol. The van der Waals surface area contributed by atoms with Crippen LogP contribution < -0.4 is 4.74 Å². The molecule has 1 aliphatic rings.